The molecule has 0 bridgehead atoms. The zero-order valence-electron chi connectivity index (χ0n) is 17.9. The molecular formula is C23H22BrClN2O4S2. The second-order valence-electron chi connectivity index (χ2n) is 6.79. The third-order valence-corrected chi connectivity index (χ3v) is 8.34. The minimum absolute atomic E-state index is 0.0914. The number of halogens is 2. The van der Waals surface area contributed by atoms with E-state index in [0.717, 1.165) is 9.20 Å². The molecule has 0 heterocycles. The second kappa shape index (κ2) is 11.3. The first-order valence-corrected chi connectivity index (χ1v) is 13.7. The highest BCUT2D eigenvalue weighted by molar-refractivity contribution is 9.10. The molecule has 1 N–H and O–H groups in total. The van der Waals surface area contributed by atoms with Crippen LogP contribution in [0, 0.1) is 0 Å². The maximum atomic E-state index is 13.5. The summed E-state index contributed by atoms with van der Waals surface area (Å²) in [6, 6.07) is 18.1. The van der Waals surface area contributed by atoms with E-state index in [1.54, 1.807) is 54.6 Å². The second-order valence-corrected chi connectivity index (χ2v) is 10.8. The Labute approximate surface area is 211 Å². The first kappa shape index (κ1) is 25.4. The van der Waals surface area contributed by atoms with Gasteiger partial charge in [-0.05, 0) is 95.8 Å². The zero-order chi connectivity index (χ0) is 24.0. The average molecular weight is 570 g/mol. The smallest absolute Gasteiger partial charge is 0.264 e. The van der Waals surface area contributed by atoms with Crippen molar-refractivity contribution >= 4 is 66.6 Å². The fraction of sp³-hybridized carbons (Fsp3) is 0.174. The van der Waals surface area contributed by atoms with Crippen LogP contribution in [0.15, 0.2) is 81.0 Å². The number of amides is 1. The summed E-state index contributed by atoms with van der Waals surface area (Å²) in [6.45, 7) is 1.93. The van der Waals surface area contributed by atoms with Gasteiger partial charge in [-0.25, -0.2) is 8.42 Å². The predicted molar refractivity (Wildman–Crippen MR) is 138 cm³/mol. The van der Waals surface area contributed by atoms with E-state index < -0.39 is 22.5 Å². The quantitative estimate of drug-likeness (QED) is 0.317. The van der Waals surface area contributed by atoms with Gasteiger partial charge in [-0.2, -0.15) is 0 Å². The summed E-state index contributed by atoms with van der Waals surface area (Å²) < 4.78 is 34.2. The third kappa shape index (κ3) is 6.44. The van der Waals surface area contributed by atoms with Crippen molar-refractivity contribution in [3.8, 4) is 5.75 Å². The van der Waals surface area contributed by atoms with Gasteiger partial charge in [0.1, 0.15) is 12.3 Å². The van der Waals surface area contributed by atoms with Crippen LogP contribution in [0.2, 0.25) is 5.02 Å². The molecule has 0 aromatic heterocycles. The van der Waals surface area contributed by atoms with Gasteiger partial charge in [-0.3, -0.25) is 9.10 Å². The van der Waals surface area contributed by atoms with Crippen LogP contribution in [0.4, 0.5) is 11.4 Å². The fourth-order valence-electron chi connectivity index (χ4n) is 2.97. The molecule has 3 aromatic carbocycles. The molecule has 10 heteroatoms. The van der Waals surface area contributed by atoms with Gasteiger partial charge in [-0.15, -0.1) is 11.8 Å². The van der Waals surface area contributed by atoms with Crippen LogP contribution in [-0.2, 0) is 14.8 Å². The molecular weight excluding hydrogens is 548 g/mol. The van der Waals surface area contributed by atoms with Crippen molar-refractivity contribution in [2.75, 3.05) is 29.0 Å². The number of thioether (sulfide) groups is 1. The van der Waals surface area contributed by atoms with E-state index in [1.807, 2.05) is 13.2 Å². The van der Waals surface area contributed by atoms with Gasteiger partial charge >= 0.3 is 0 Å². The van der Waals surface area contributed by atoms with E-state index in [-0.39, 0.29) is 4.90 Å². The topological polar surface area (TPSA) is 75.7 Å². The van der Waals surface area contributed by atoms with Gasteiger partial charge in [0.05, 0.1) is 22.2 Å². The van der Waals surface area contributed by atoms with Gasteiger partial charge in [0.25, 0.3) is 10.0 Å². The Balaban J connectivity index is 1.93. The summed E-state index contributed by atoms with van der Waals surface area (Å²) in [6.07, 6.45) is 1.91. The SMILES string of the molecule is CCOc1ccc(N(CC(=O)Nc2ccc(Br)c(Cl)c2)S(=O)(=O)c2ccc(SC)cc2)cc1. The van der Waals surface area contributed by atoms with E-state index in [1.165, 1.54) is 23.9 Å². The van der Waals surface area contributed by atoms with Crippen molar-refractivity contribution in [2.45, 2.75) is 16.7 Å². The van der Waals surface area contributed by atoms with Crippen molar-refractivity contribution in [3.63, 3.8) is 0 Å². The van der Waals surface area contributed by atoms with Crippen LogP contribution in [0.5, 0.6) is 5.75 Å². The lowest BCUT2D eigenvalue weighted by Gasteiger charge is -2.24. The third-order valence-electron chi connectivity index (χ3n) is 4.57. The zero-order valence-corrected chi connectivity index (χ0v) is 21.9. The van der Waals surface area contributed by atoms with Gasteiger partial charge in [0.15, 0.2) is 0 Å². The summed E-state index contributed by atoms with van der Waals surface area (Å²) >= 11 is 10.9. The Hall–Kier alpha value is -2.20. The van der Waals surface area contributed by atoms with Crippen molar-refractivity contribution in [3.05, 3.63) is 76.2 Å². The number of hydrogen-bond donors (Lipinski definition) is 1. The van der Waals surface area contributed by atoms with Gasteiger partial charge in [-0.1, -0.05) is 11.6 Å². The number of rotatable bonds is 9. The summed E-state index contributed by atoms with van der Waals surface area (Å²) in [7, 11) is -4.02. The Morgan fingerprint density at radius 2 is 1.76 bits per heavy atom. The molecule has 1 amide bonds. The van der Waals surface area contributed by atoms with Crippen molar-refractivity contribution in [2.24, 2.45) is 0 Å². The summed E-state index contributed by atoms with van der Waals surface area (Å²) in [5.41, 5.74) is 0.804. The monoisotopic (exact) mass is 568 g/mol. The summed E-state index contributed by atoms with van der Waals surface area (Å²) in [4.78, 5) is 13.9. The molecule has 3 aromatic rings. The van der Waals surface area contributed by atoms with Crippen molar-refractivity contribution in [1.82, 2.24) is 0 Å². The number of carbonyl (C=O) groups excluding carboxylic acids is 1. The van der Waals surface area contributed by atoms with Crippen LogP contribution >= 0.6 is 39.3 Å². The molecule has 33 heavy (non-hydrogen) atoms. The highest BCUT2D eigenvalue weighted by atomic mass is 79.9. The van der Waals surface area contributed by atoms with Gasteiger partial charge in [0.2, 0.25) is 5.91 Å². The number of ether oxygens (including phenoxy) is 1. The number of sulfonamides is 1. The average Bonchev–Trinajstić information content (AvgIpc) is 2.81. The van der Waals surface area contributed by atoms with E-state index in [9.17, 15) is 13.2 Å². The van der Waals surface area contributed by atoms with E-state index >= 15 is 0 Å². The first-order chi connectivity index (χ1) is 15.7. The molecule has 0 atom stereocenters. The highest BCUT2D eigenvalue weighted by Crippen LogP contribution is 2.28. The predicted octanol–water partition coefficient (Wildman–Crippen LogP) is 6.06. The Morgan fingerprint density at radius 3 is 2.33 bits per heavy atom. The first-order valence-electron chi connectivity index (χ1n) is 9.89. The molecule has 6 nitrogen and oxygen atoms in total. The lowest BCUT2D eigenvalue weighted by atomic mass is 10.3. The van der Waals surface area contributed by atoms with Crippen LogP contribution in [0.1, 0.15) is 6.92 Å². The van der Waals surface area contributed by atoms with E-state index in [0.29, 0.717) is 33.2 Å². The molecule has 0 aliphatic rings. The number of nitrogens with zero attached hydrogens (tertiary/aromatic N) is 1. The Kier molecular flexibility index (Phi) is 8.69. The molecule has 3 rings (SSSR count). The molecule has 0 saturated heterocycles. The lowest BCUT2D eigenvalue weighted by molar-refractivity contribution is -0.114. The van der Waals surface area contributed by atoms with E-state index in [4.69, 9.17) is 16.3 Å². The molecule has 0 unspecified atom stereocenters. The molecule has 0 aliphatic heterocycles. The van der Waals surface area contributed by atoms with Crippen LogP contribution in [0.25, 0.3) is 0 Å². The number of benzene rings is 3. The lowest BCUT2D eigenvalue weighted by Crippen LogP contribution is -2.38. The number of nitrogens with one attached hydrogen (secondary N) is 1. The summed E-state index contributed by atoms with van der Waals surface area (Å²) in [5.74, 6) is 0.100. The molecule has 0 radical (unpaired) electrons. The van der Waals surface area contributed by atoms with E-state index in [2.05, 4.69) is 21.2 Å². The van der Waals surface area contributed by atoms with Gasteiger partial charge in [0, 0.05) is 15.1 Å². The molecule has 174 valence electrons. The summed E-state index contributed by atoms with van der Waals surface area (Å²) in [5, 5.41) is 3.13. The largest absolute Gasteiger partial charge is 0.494 e. The molecule has 0 fully saturated rings. The van der Waals surface area contributed by atoms with Crippen molar-refractivity contribution in [1.29, 1.82) is 0 Å². The Bertz CT molecular complexity index is 1220. The fourth-order valence-corrected chi connectivity index (χ4v) is 5.23. The number of carbonyl (C=O) groups is 1. The minimum Gasteiger partial charge on any atom is -0.494 e. The number of hydrogen-bond acceptors (Lipinski definition) is 5. The van der Waals surface area contributed by atoms with Crippen LogP contribution < -0.4 is 14.4 Å². The minimum atomic E-state index is -4.02. The molecule has 0 saturated carbocycles. The molecule has 0 spiro atoms. The highest BCUT2D eigenvalue weighted by Gasteiger charge is 2.27. The van der Waals surface area contributed by atoms with Gasteiger partial charge < -0.3 is 10.1 Å². The standard InChI is InChI=1S/C23H22BrClN2O4S2/c1-3-31-18-7-5-17(6-8-18)27(33(29,30)20-11-9-19(32-2)10-12-20)15-23(28)26-16-4-13-21(24)22(25)14-16/h4-14H,3,15H2,1-2H3,(H,26,28). The maximum absolute atomic E-state index is 13.5. The number of anilines is 2. The normalized spacial score (nSPS) is 11.2. The van der Waals surface area contributed by atoms with Crippen LogP contribution in [-0.4, -0.2) is 33.7 Å². The van der Waals surface area contributed by atoms with Crippen molar-refractivity contribution < 1.29 is 17.9 Å². The Morgan fingerprint density at radius 1 is 1.09 bits per heavy atom. The van der Waals surface area contributed by atoms with Crippen LogP contribution in [0.3, 0.4) is 0 Å². The molecule has 0 aliphatic carbocycles. The maximum Gasteiger partial charge on any atom is 0.264 e.